The molecule has 0 aliphatic carbocycles. The summed E-state index contributed by atoms with van der Waals surface area (Å²) in [5, 5.41) is 43.6. The van der Waals surface area contributed by atoms with E-state index in [1.54, 1.807) is 20.8 Å². The molecule has 0 fully saturated rings. The monoisotopic (exact) mass is 752 g/mol. The number of nitrogens with two attached hydrogens (primary N) is 1. The summed E-state index contributed by atoms with van der Waals surface area (Å²) >= 11 is 0.678. The van der Waals surface area contributed by atoms with Gasteiger partial charge in [-0.1, -0.05) is 0 Å². The number of nitrogens with one attached hydrogen (secondary N) is 3. The predicted molar refractivity (Wildman–Crippen MR) is 156 cm³/mol. The van der Waals surface area contributed by atoms with Crippen molar-refractivity contribution in [3.8, 4) is 0 Å². The number of aliphatic carboxylic acids is 4. The second-order valence-corrected chi connectivity index (χ2v) is 14.2. The Bertz CT molecular complexity index is 946. The normalized spacial score (nSPS) is 13.5. The van der Waals surface area contributed by atoms with Crippen LogP contribution in [0.25, 0.3) is 0 Å². The molecule has 0 aliphatic rings. The summed E-state index contributed by atoms with van der Waals surface area (Å²) in [7, 11) is 0. The number of carbonyl (C=O) groups excluding carboxylic acids is 3. The Morgan fingerprint density at radius 1 is 0.674 bits per heavy atom. The number of carboxylic acid groups (broad SMARTS) is 4. The van der Waals surface area contributed by atoms with Crippen LogP contribution in [0.1, 0.15) is 59.3 Å². The van der Waals surface area contributed by atoms with E-state index in [1.807, 2.05) is 11.6 Å². The molecular weight excluding hydrogens is 706 g/mol. The Morgan fingerprint density at radius 2 is 1.09 bits per heavy atom. The van der Waals surface area contributed by atoms with Gasteiger partial charge in [-0.15, -0.1) is 0 Å². The van der Waals surface area contributed by atoms with Gasteiger partial charge < -0.3 is 0 Å². The number of carboxylic acids is 4. The molecule has 248 valence electrons. The summed E-state index contributed by atoms with van der Waals surface area (Å²) in [5.74, 6) is -2.06. The van der Waals surface area contributed by atoms with E-state index in [9.17, 15) is 33.6 Å². The van der Waals surface area contributed by atoms with Crippen LogP contribution in [0.15, 0.2) is 0 Å². The van der Waals surface area contributed by atoms with Crippen LogP contribution in [0, 0.1) is 0 Å². The van der Waals surface area contributed by atoms with E-state index in [1.165, 1.54) is 0 Å². The third-order valence-electron chi connectivity index (χ3n) is 5.11. The average molecular weight is 751 g/mol. The summed E-state index contributed by atoms with van der Waals surface area (Å²) in [6, 6.07) is -4.22. The molecular formula is C25H44N4O12Se2. The van der Waals surface area contributed by atoms with Crippen molar-refractivity contribution < 1.29 is 58.7 Å². The summed E-state index contributed by atoms with van der Waals surface area (Å²) in [5.41, 5.74) is 4.87. The number of carbonyl (C=O) groups is 7. The van der Waals surface area contributed by atoms with Gasteiger partial charge in [0, 0.05) is 0 Å². The topological polar surface area (TPSA) is 272 Å². The van der Waals surface area contributed by atoms with Crippen LogP contribution < -0.4 is 21.7 Å². The van der Waals surface area contributed by atoms with Gasteiger partial charge in [0.05, 0.1) is 0 Å². The van der Waals surface area contributed by atoms with E-state index in [-0.39, 0.29) is 40.6 Å². The molecule has 43 heavy (non-hydrogen) atoms. The summed E-state index contributed by atoms with van der Waals surface area (Å²) in [6.07, 6.45) is -1.02. The minimum atomic E-state index is -1.33. The van der Waals surface area contributed by atoms with E-state index in [0.29, 0.717) is 33.1 Å². The van der Waals surface area contributed by atoms with Gasteiger partial charge in [-0.25, -0.2) is 0 Å². The van der Waals surface area contributed by atoms with Crippen molar-refractivity contribution >= 4 is 71.7 Å². The van der Waals surface area contributed by atoms with E-state index in [4.69, 9.17) is 30.9 Å². The zero-order chi connectivity index (χ0) is 33.8. The number of ether oxygens (including phenoxy) is 1. The Hall–Kier alpha value is -2.91. The quantitative estimate of drug-likeness (QED) is 0.0820. The molecule has 16 nitrogen and oxygen atoms in total. The zero-order valence-electron chi connectivity index (χ0n) is 24.9. The van der Waals surface area contributed by atoms with Crippen LogP contribution in [-0.4, -0.2) is 122 Å². The first-order chi connectivity index (χ1) is 19.8. The molecule has 18 heteroatoms. The second-order valence-electron chi connectivity index (χ2n) is 10.0. The third kappa shape index (κ3) is 23.3. The van der Waals surface area contributed by atoms with Gasteiger partial charge >= 0.3 is 263 Å². The number of rotatable bonds is 19. The molecule has 0 spiro atoms. The first kappa shape index (κ1) is 42.2. The number of amides is 3. The predicted octanol–water partition coefficient (Wildman–Crippen LogP) is 0.183. The van der Waals surface area contributed by atoms with Gasteiger partial charge in [0.25, 0.3) is 0 Å². The Kier molecular flexibility index (Phi) is 22.2. The van der Waals surface area contributed by atoms with Gasteiger partial charge in [0.2, 0.25) is 0 Å². The molecule has 0 heterocycles. The molecule has 0 aliphatic heterocycles. The van der Waals surface area contributed by atoms with Crippen LogP contribution in [0.3, 0.4) is 0 Å². The average Bonchev–Trinajstić information content (AvgIpc) is 2.88. The van der Waals surface area contributed by atoms with Crippen LogP contribution in [0.5, 0.6) is 0 Å². The Balaban J connectivity index is 0. The maximum absolute atomic E-state index is 12.3. The van der Waals surface area contributed by atoms with E-state index >= 15 is 0 Å². The van der Waals surface area contributed by atoms with Crippen molar-refractivity contribution in [2.24, 2.45) is 5.73 Å². The Morgan fingerprint density at radius 3 is 1.47 bits per heavy atom. The molecule has 3 amide bonds. The molecule has 0 aromatic rings. The van der Waals surface area contributed by atoms with Crippen LogP contribution in [0.2, 0.25) is 22.3 Å². The standard InChI is InChI=1S/C15H26N2O7Se.C10H18N2O5Se/c1-15(2,3)24-14(23)17-9(7-8-25-4)12(20)16-10(13(21)22)5-6-11(18)19;1-18-5-4-6(11)9(15)12-7(10(16)17)2-3-8(13)14/h9-10H,5-8H2,1-4H3,(H,16,20)(H,17,23)(H,18,19)(H,21,22);6-7H,2-5,11H2,1H3,(H,12,15)(H,13,14)(H,16,17)/t9-,10-;6-,7-/m00/s1. The van der Waals surface area contributed by atoms with Gasteiger partial charge in [0.15, 0.2) is 0 Å². The summed E-state index contributed by atoms with van der Waals surface area (Å²) in [6.45, 7) is 5.05. The van der Waals surface area contributed by atoms with Gasteiger partial charge in [-0.05, 0) is 0 Å². The summed E-state index contributed by atoms with van der Waals surface area (Å²) in [4.78, 5) is 78.7. The van der Waals surface area contributed by atoms with Crippen molar-refractivity contribution in [1.82, 2.24) is 16.0 Å². The van der Waals surface area contributed by atoms with E-state index in [0.717, 1.165) is 5.32 Å². The molecule has 0 saturated heterocycles. The van der Waals surface area contributed by atoms with Crippen LogP contribution in [-0.2, 0) is 33.5 Å². The van der Waals surface area contributed by atoms with Crippen LogP contribution >= 0.6 is 0 Å². The van der Waals surface area contributed by atoms with Crippen LogP contribution in [0.4, 0.5) is 4.79 Å². The number of hydrogen-bond donors (Lipinski definition) is 8. The fourth-order valence-electron chi connectivity index (χ4n) is 2.93. The number of alkyl carbamates (subject to hydrolysis) is 1. The molecule has 4 atom stereocenters. The molecule has 0 aromatic carbocycles. The van der Waals surface area contributed by atoms with Gasteiger partial charge in [0.1, 0.15) is 0 Å². The second kappa shape index (κ2) is 22.6. The van der Waals surface area contributed by atoms with Gasteiger partial charge in [-0.3, -0.25) is 0 Å². The fraction of sp³-hybridized carbons (Fsp3) is 0.720. The maximum atomic E-state index is 12.3. The molecule has 0 radical (unpaired) electrons. The SMILES string of the molecule is C[Se]CC[C@H](N)C(=O)N[C@@H](CCC(=O)O)C(=O)O.C[Se]CC[C@H](NC(=O)OC(C)(C)C)C(=O)N[C@@H](CCC(=O)O)C(=O)O. The number of hydrogen-bond acceptors (Lipinski definition) is 9. The first-order valence-corrected chi connectivity index (χ1v) is 18.9. The fourth-order valence-corrected chi connectivity index (χ4v) is 4.95. The van der Waals surface area contributed by atoms with Crippen molar-refractivity contribution in [2.75, 3.05) is 0 Å². The van der Waals surface area contributed by atoms with E-state index < -0.39 is 71.6 Å². The van der Waals surface area contributed by atoms with Crippen molar-refractivity contribution in [3.63, 3.8) is 0 Å². The third-order valence-corrected chi connectivity index (χ3v) is 7.81. The van der Waals surface area contributed by atoms with Crippen molar-refractivity contribution in [3.05, 3.63) is 0 Å². The molecule has 0 rings (SSSR count). The van der Waals surface area contributed by atoms with Crippen molar-refractivity contribution in [2.45, 2.75) is 111 Å². The van der Waals surface area contributed by atoms with Gasteiger partial charge in [-0.2, -0.15) is 0 Å². The minimum absolute atomic E-state index is 0.152. The molecule has 0 bridgehead atoms. The molecule has 0 unspecified atom stereocenters. The molecule has 9 N–H and O–H groups in total. The molecule has 0 saturated carbocycles. The molecule has 0 aromatic heterocycles. The first-order valence-electron chi connectivity index (χ1n) is 13.1. The Labute approximate surface area is 262 Å². The van der Waals surface area contributed by atoms with Crippen molar-refractivity contribution in [1.29, 1.82) is 0 Å². The zero-order valence-corrected chi connectivity index (χ0v) is 28.3. The van der Waals surface area contributed by atoms with E-state index in [2.05, 4.69) is 16.0 Å². The summed E-state index contributed by atoms with van der Waals surface area (Å²) < 4.78 is 5.11.